The number of hydrogen-bond acceptors (Lipinski definition) is 5. The number of nitrogens with one attached hydrogen (secondary N) is 2. The number of rotatable bonds is 6. The maximum Gasteiger partial charge on any atom is 0.242 e. The van der Waals surface area contributed by atoms with E-state index in [-0.39, 0.29) is 23.1 Å². The minimum absolute atomic E-state index is 0.0171. The summed E-state index contributed by atoms with van der Waals surface area (Å²) in [6.45, 7) is 2.06. The summed E-state index contributed by atoms with van der Waals surface area (Å²) in [5.41, 5.74) is 2.31. The first-order valence-electron chi connectivity index (χ1n) is 9.13. The summed E-state index contributed by atoms with van der Waals surface area (Å²) < 4.78 is 25.7. The number of anilines is 2. The van der Waals surface area contributed by atoms with Gasteiger partial charge in [-0.3, -0.25) is 9.59 Å². The minimum atomic E-state index is -3.59. The van der Waals surface area contributed by atoms with E-state index in [1.807, 2.05) is 24.3 Å². The van der Waals surface area contributed by atoms with Crippen LogP contribution >= 0.6 is 11.8 Å². The number of amides is 2. The topological polar surface area (TPSA) is 95.6 Å². The Labute approximate surface area is 174 Å². The summed E-state index contributed by atoms with van der Waals surface area (Å²) in [5.74, 6) is -0.574. The number of sulfonamides is 1. The van der Waals surface area contributed by atoms with Gasteiger partial charge in [-0.05, 0) is 42.3 Å². The number of thioether (sulfide) groups is 1. The maximum atomic E-state index is 12.5. The van der Waals surface area contributed by atoms with E-state index in [0.717, 1.165) is 15.6 Å². The van der Waals surface area contributed by atoms with Gasteiger partial charge in [0.05, 0.1) is 15.8 Å². The number of hydrogen-bond donors (Lipinski definition) is 2. The van der Waals surface area contributed by atoms with Gasteiger partial charge in [-0.2, -0.15) is 0 Å². The first-order chi connectivity index (χ1) is 13.7. The molecule has 1 heterocycles. The second kappa shape index (κ2) is 8.56. The molecule has 0 radical (unpaired) electrons. The zero-order valence-electron chi connectivity index (χ0n) is 16.4. The fraction of sp³-hybridized carbons (Fsp3) is 0.300. The van der Waals surface area contributed by atoms with Crippen molar-refractivity contribution in [3.63, 3.8) is 0 Å². The number of carbonyl (C=O) groups excluding carboxylic acids is 2. The molecule has 2 amide bonds. The Kier molecular flexibility index (Phi) is 6.30. The molecule has 0 aromatic heterocycles. The van der Waals surface area contributed by atoms with Gasteiger partial charge >= 0.3 is 0 Å². The summed E-state index contributed by atoms with van der Waals surface area (Å²) in [4.78, 5) is 25.6. The lowest BCUT2D eigenvalue weighted by Gasteiger charge is -2.24. The number of carbonyl (C=O) groups is 2. The van der Waals surface area contributed by atoms with Crippen LogP contribution < -0.4 is 10.6 Å². The van der Waals surface area contributed by atoms with Crippen LogP contribution in [0.5, 0.6) is 0 Å². The van der Waals surface area contributed by atoms with Crippen molar-refractivity contribution in [3.8, 4) is 0 Å². The maximum absolute atomic E-state index is 12.5. The second-order valence-corrected chi connectivity index (χ2v) is 10.2. The Balaban J connectivity index is 1.69. The van der Waals surface area contributed by atoms with Crippen LogP contribution in [0.2, 0.25) is 0 Å². The molecule has 0 saturated heterocycles. The monoisotopic (exact) mass is 433 g/mol. The van der Waals surface area contributed by atoms with E-state index in [2.05, 4.69) is 17.6 Å². The Hall–Kier alpha value is -2.36. The molecule has 1 aliphatic heterocycles. The zero-order chi connectivity index (χ0) is 21.2. The lowest BCUT2D eigenvalue weighted by atomic mass is 10.1. The van der Waals surface area contributed by atoms with Gasteiger partial charge in [0.2, 0.25) is 21.8 Å². The third kappa shape index (κ3) is 4.80. The van der Waals surface area contributed by atoms with Crippen molar-refractivity contribution in [2.24, 2.45) is 0 Å². The molecule has 0 fully saturated rings. The highest BCUT2D eigenvalue weighted by atomic mass is 32.2. The molecule has 0 spiro atoms. The molecular formula is C20H23N3O4S2. The average Bonchev–Trinajstić information content (AvgIpc) is 2.68. The number of benzene rings is 2. The molecular weight excluding hydrogens is 410 g/mol. The van der Waals surface area contributed by atoms with Crippen LogP contribution in [-0.2, 0) is 26.0 Å². The van der Waals surface area contributed by atoms with Crippen molar-refractivity contribution in [2.45, 2.75) is 34.8 Å². The number of aryl methyl sites for hydroxylation is 1. The lowest BCUT2D eigenvalue weighted by molar-refractivity contribution is -0.120. The van der Waals surface area contributed by atoms with Gasteiger partial charge in [-0.15, -0.1) is 11.8 Å². The molecule has 0 saturated carbocycles. The lowest BCUT2D eigenvalue weighted by Crippen LogP contribution is -2.32. The van der Waals surface area contributed by atoms with Gasteiger partial charge in [0.1, 0.15) is 0 Å². The van der Waals surface area contributed by atoms with E-state index < -0.39 is 15.3 Å². The van der Waals surface area contributed by atoms with Crippen molar-refractivity contribution in [3.05, 3.63) is 48.0 Å². The molecule has 2 aromatic rings. The van der Waals surface area contributed by atoms with Crippen LogP contribution in [0.1, 0.15) is 18.9 Å². The van der Waals surface area contributed by atoms with Crippen LogP contribution in [0.25, 0.3) is 0 Å². The molecule has 1 atom stereocenters. The van der Waals surface area contributed by atoms with Crippen molar-refractivity contribution in [1.29, 1.82) is 0 Å². The smallest absolute Gasteiger partial charge is 0.242 e. The fourth-order valence-corrected chi connectivity index (χ4v) is 4.86. The zero-order valence-corrected chi connectivity index (χ0v) is 18.1. The standard InChI is InChI=1S/C20H23N3O4S2/c1-4-13-5-7-14(8-6-13)21-19(24)12-18-20(25)22-16-11-15(9-10-17(16)28-18)29(26,27)23(2)3/h5-11,18H,4,12H2,1-3H3,(H,21,24)(H,22,25). The molecule has 0 aliphatic carbocycles. The molecule has 1 unspecified atom stereocenters. The summed E-state index contributed by atoms with van der Waals surface area (Å²) in [7, 11) is -0.690. The average molecular weight is 434 g/mol. The molecule has 3 rings (SSSR count). The van der Waals surface area contributed by atoms with Crippen molar-refractivity contribution in [2.75, 3.05) is 24.7 Å². The Morgan fingerprint density at radius 1 is 1.17 bits per heavy atom. The number of nitrogens with zero attached hydrogens (tertiary/aromatic N) is 1. The van der Waals surface area contributed by atoms with E-state index in [1.54, 1.807) is 6.07 Å². The molecule has 9 heteroatoms. The van der Waals surface area contributed by atoms with Crippen molar-refractivity contribution < 1.29 is 18.0 Å². The van der Waals surface area contributed by atoms with E-state index in [9.17, 15) is 18.0 Å². The second-order valence-electron chi connectivity index (χ2n) is 6.84. The van der Waals surface area contributed by atoms with Crippen LogP contribution in [-0.4, -0.2) is 43.9 Å². The normalized spacial score (nSPS) is 16.3. The SMILES string of the molecule is CCc1ccc(NC(=O)CC2Sc3ccc(S(=O)(=O)N(C)C)cc3NC2=O)cc1. The van der Waals surface area contributed by atoms with E-state index >= 15 is 0 Å². The highest BCUT2D eigenvalue weighted by Crippen LogP contribution is 2.38. The van der Waals surface area contributed by atoms with Crippen LogP contribution in [0.3, 0.4) is 0 Å². The highest BCUT2D eigenvalue weighted by molar-refractivity contribution is 8.01. The highest BCUT2D eigenvalue weighted by Gasteiger charge is 2.30. The summed E-state index contributed by atoms with van der Waals surface area (Å²) in [5, 5.41) is 4.94. The van der Waals surface area contributed by atoms with Crippen molar-refractivity contribution >= 4 is 45.0 Å². The van der Waals surface area contributed by atoms with Crippen LogP contribution in [0, 0.1) is 0 Å². The van der Waals surface area contributed by atoms with Gasteiger partial charge in [-0.1, -0.05) is 19.1 Å². The Bertz CT molecular complexity index is 1030. The summed E-state index contributed by atoms with van der Waals surface area (Å²) in [6, 6.07) is 12.2. The minimum Gasteiger partial charge on any atom is -0.326 e. The molecule has 7 nitrogen and oxygen atoms in total. The quantitative estimate of drug-likeness (QED) is 0.730. The van der Waals surface area contributed by atoms with Gasteiger partial charge < -0.3 is 10.6 Å². The molecule has 2 aromatic carbocycles. The molecule has 2 N–H and O–H groups in total. The fourth-order valence-electron chi connectivity index (χ4n) is 2.84. The van der Waals surface area contributed by atoms with Crippen molar-refractivity contribution in [1.82, 2.24) is 4.31 Å². The molecule has 1 aliphatic rings. The van der Waals surface area contributed by atoms with Crippen LogP contribution in [0.15, 0.2) is 52.3 Å². The van der Waals surface area contributed by atoms with Gasteiger partial charge in [0, 0.05) is 31.1 Å². The Morgan fingerprint density at radius 3 is 2.48 bits per heavy atom. The Morgan fingerprint density at radius 2 is 1.86 bits per heavy atom. The predicted molar refractivity (Wildman–Crippen MR) is 115 cm³/mol. The van der Waals surface area contributed by atoms with Gasteiger partial charge in [-0.25, -0.2) is 12.7 Å². The summed E-state index contributed by atoms with van der Waals surface area (Å²) in [6.07, 6.45) is 0.938. The first-order valence-corrected chi connectivity index (χ1v) is 11.5. The molecule has 0 bridgehead atoms. The van der Waals surface area contributed by atoms with E-state index in [4.69, 9.17) is 0 Å². The van der Waals surface area contributed by atoms with E-state index in [1.165, 1.54) is 43.6 Å². The van der Waals surface area contributed by atoms with Gasteiger partial charge in [0.25, 0.3) is 0 Å². The predicted octanol–water partition coefficient (Wildman–Crippen LogP) is 2.94. The third-order valence-electron chi connectivity index (χ3n) is 4.57. The largest absolute Gasteiger partial charge is 0.326 e. The van der Waals surface area contributed by atoms with Gasteiger partial charge in [0.15, 0.2) is 0 Å². The molecule has 29 heavy (non-hydrogen) atoms. The summed E-state index contributed by atoms with van der Waals surface area (Å²) >= 11 is 1.26. The molecule has 154 valence electrons. The van der Waals surface area contributed by atoms with Crippen LogP contribution in [0.4, 0.5) is 11.4 Å². The van der Waals surface area contributed by atoms with E-state index in [0.29, 0.717) is 11.4 Å². The first kappa shape index (κ1) is 21.4. The third-order valence-corrected chi connectivity index (χ3v) is 7.65. The number of fused-ring (bicyclic) bond motifs is 1.